The van der Waals surface area contributed by atoms with Crippen molar-refractivity contribution >= 4 is 0 Å². The summed E-state index contributed by atoms with van der Waals surface area (Å²) in [6.07, 6.45) is 4.37. The fourth-order valence-electron chi connectivity index (χ4n) is 2.71. The van der Waals surface area contributed by atoms with Gasteiger partial charge in [-0.15, -0.1) is 0 Å². The lowest BCUT2D eigenvalue weighted by Crippen LogP contribution is -2.14. The van der Waals surface area contributed by atoms with Crippen molar-refractivity contribution in [3.63, 3.8) is 0 Å². The van der Waals surface area contributed by atoms with Crippen LogP contribution in [0.15, 0.2) is 24.4 Å². The number of H-pyrrole nitrogens is 1. The molecular formula is C15H19N3. The Kier molecular flexibility index (Phi) is 2.92. The Morgan fingerprint density at radius 3 is 2.61 bits per heavy atom. The zero-order chi connectivity index (χ0) is 12.5. The van der Waals surface area contributed by atoms with Crippen molar-refractivity contribution < 1.29 is 0 Å². The summed E-state index contributed by atoms with van der Waals surface area (Å²) in [5.74, 6) is 1.07. The number of nitrogens with zero attached hydrogens (tertiary/aromatic N) is 1. The van der Waals surface area contributed by atoms with Gasteiger partial charge < -0.3 is 10.3 Å². The summed E-state index contributed by atoms with van der Waals surface area (Å²) in [7, 11) is 0. The van der Waals surface area contributed by atoms with E-state index in [-0.39, 0.29) is 0 Å². The summed E-state index contributed by atoms with van der Waals surface area (Å²) >= 11 is 0. The van der Waals surface area contributed by atoms with E-state index in [4.69, 9.17) is 0 Å². The third-order valence-electron chi connectivity index (χ3n) is 3.52. The maximum atomic E-state index is 4.52. The number of hydrogen-bond acceptors (Lipinski definition) is 2. The zero-order valence-electron chi connectivity index (χ0n) is 11.0. The number of aromatic nitrogens is 2. The molecule has 1 atom stereocenters. The number of benzene rings is 1. The van der Waals surface area contributed by atoms with Crippen LogP contribution in [0.5, 0.6) is 0 Å². The molecule has 2 aromatic rings. The number of aromatic amines is 1. The van der Waals surface area contributed by atoms with Crippen LogP contribution in [0.25, 0.3) is 11.3 Å². The first-order valence-corrected chi connectivity index (χ1v) is 6.59. The summed E-state index contributed by atoms with van der Waals surface area (Å²) in [6, 6.07) is 7.00. The van der Waals surface area contributed by atoms with Crippen LogP contribution in [0, 0.1) is 13.8 Å². The van der Waals surface area contributed by atoms with Crippen LogP contribution in [-0.2, 0) is 0 Å². The van der Waals surface area contributed by atoms with Gasteiger partial charge in [0.05, 0.1) is 17.9 Å². The highest BCUT2D eigenvalue weighted by Gasteiger charge is 2.19. The number of aryl methyl sites for hydroxylation is 2. The largest absolute Gasteiger partial charge is 0.341 e. The molecule has 0 saturated carbocycles. The van der Waals surface area contributed by atoms with Crippen molar-refractivity contribution in [2.45, 2.75) is 32.7 Å². The lowest BCUT2D eigenvalue weighted by molar-refractivity contribution is 0.613. The van der Waals surface area contributed by atoms with Crippen LogP contribution < -0.4 is 5.32 Å². The van der Waals surface area contributed by atoms with E-state index in [1.807, 2.05) is 6.20 Å². The van der Waals surface area contributed by atoms with E-state index in [1.165, 1.54) is 29.5 Å². The molecule has 1 fully saturated rings. The van der Waals surface area contributed by atoms with Gasteiger partial charge in [0.1, 0.15) is 5.82 Å². The normalized spacial score (nSPS) is 19.3. The smallest absolute Gasteiger partial charge is 0.123 e. The molecule has 0 unspecified atom stereocenters. The average molecular weight is 241 g/mol. The van der Waals surface area contributed by atoms with Gasteiger partial charge in [0.15, 0.2) is 0 Å². The van der Waals surface area contributed by atoms with Gasteiger partial charge in [-0.25, -0.2) is 4.98 Å². The van der Waals surface area contributed by atoms with Crippen LogP contribution in [0.2, 0.25) is 0 Å². The molecule has 0 spiro atoms. The predicted octanol–water partition coefficient (Wildman–Crippen LogP) is 3.12. The molecule has 0 aliphatic carbocycles. The number of nitrogens with one attached hydrogen (secondary N) is 2. The van der Waals surface area contributed by atoms with Crippen LogP contribution in [0.3, 0.4) is 0 Å². The fourth-order valence-corrected chi connectivity index (χ4v) is 2.71. The maximum Gasteiger partial charge on any atom is 0.123 e. The van der Waals surface area contributed by atoms with Crippen LogP contribution in [-0.4, -0.2) is 16.5 Å². The van der Waals surface area contributed by atoms with Gasteiger partial charge in [0.2, 0.25) is 0 Å². The van der Waals surface area contributed by atoms with Gasteiger partial charge in [0.25, 0.3) is 0 Å². The molecule has 18 heavy (non-hydrogen) atoms. The van der Waals surface area contributed by atoms with Gasteiger partial charge in [-0.2, -0.15) is 0 Å². The lowest BCUT2D eigenvalue weighted by atomic mass is 10.1. The molecule has 1 aromatic carbocycles. The molecule has 1 aliphatic rings. The van der Waals surface area contributed by atoms with E-state index in [9.17, 15) is 0 Å². The maximum absolute atomic E-state index is 4.52. The van der Waals surface area contributed by atoms with Crippen LogP contribution >= 0.6 is 0 Å². The predicted molar refractivity (Wildman–Crippen MR) is 73.5 cm³/mol. The first-order chi connectivity index (χ1) is 8.72. The van der Waals surface area contributed by atoms with E-state index in [2.05, 4.69) is 47.3 Å². The van der Waals surface area contributed by atoms with E-state index in [0.29, 0.717) is 6.04 Å². The fraction of sp³-hybridized carbons (Fsp3) is 0.400. The van der Waals surface area contributed by atoms with Crippen LogP contribution in [0.4, 0.5) is 0 Å². The Balaban J connectivity index is 1.92. The molecule has 0 amide bonds. The standard InChI is InChI=1S/C15H19N3/c1-10-6-11(2)8-12(7-10)14-9-17-15(18-14)13-4-3-5-16-13/h6-9,13,16H,3-5H2,1-2H3,(H,17,18)/t13-/m0/s1. The minimum absolute atomic E-state index is 0.407. The minimum Gasteiger partial charge on any atom is -0.341 e. The van der Waals surface area contributed by atoms with E-state index >= 15 is 0 Å². The second kappa shape index (κ2) is 4.58. The summed E-state index contributed by atoms with van der Waals surface area (Å²) in [6.45, 7) is 5.36. The summed E-state index contributed by atoms with van der Waals surface area (Å²) < 4.78 is 0. The Bertz CT molecular complexity index is 530. The first-order valence-electron chi connectivity index (χ1n) is 6.59. The highest BCUT2D eigenvalue weighted by molar-refractivity contribution is 5.60. The summed E-state index contributed by atoms with van der Waals surface area (Å²) in [5.41, 5.74) is 4.93. The number of hydrogen-bond donors (Lipinski definition) is 2. The molecule has 0 radical (unpaired) electrons. The van der Waals surface area contributed by atoms with Crippen molar-refractivity contribution in [3.05, 3.63) is 41.3 Å². The molecule has 3 heteroatoms. The second-order valence-electron chi connectivity index (χ2n) is 5.21. The van der Waals surface area contributed by atoms with Crippen molar-refractivity contribution in [1.82, 2.24) is 15.3 Å². The summed E-state index contributed by atoms with van der Waals surface area (Å²) in [4.78, 5) is 7.97. The molecule has 3 nitrogen and oxygen atoms in total. The van der Waals surface area contributed by atoms with Gasteiger partial charge in [-0.3, -0.25) is 0 Å². The molecule has 1 aromatic heterocycles. The quantitative estimate of drug-likeness (QED) is 0.848. The van der Waals surface area contributed by atoms with Crippen molar-refractivity contribution in [2.75, 3.05) is 6.54 Å². The van der Waals surface area contributed by atoms with Gasteiger partial charge in [0, 0.05) is 5.56 Å². The van der Waals surface area contributed by atoms with Crippen molar-refractivity contribution in [2.24, 2.45) is 0 Å². The highest BCUT2D eigenvalue weighted by Crippen LogP contribution is 2.25. The Labute approximate surface area is 108 Å². The lowest BCUT2D eigenvalue weighted by Gasteiger charge is -2.06. The Hall–Kier alpha value is -1.61. The SMILES string of the molecule is Cc1cc(C)cc(-c2cnc([C@@H]3CCCN3)[nH]2)c1. The zero-order valence-corrected chi connectivity index (χ0v) is 11.0. The Morgan fingerprint density at radius 2 is 1.94 bits per heavy atom. The first kappa shape index (κ1) is 11.5. The Morgan fingerprint density at radius 1 is 1.17 bits per heavy atom. The molecule has 2 heterocycles. The molecule has 0 bridgehead atoms. The number of rotatable bonds is 2. The topological polar surface area (TPSA) is 40.7 Å². The van der Waals surface area contributed by atoms with Crippen molar-refractivity contribution in [1.29, 1.82) is 0 Å². The molecule has 1 aliphatic heterocycles. The van der Waals surface area contributed by atoms with Gasteiger partial charge in [-0.1, -0.05) is 17.2 Å². The molecular weight excluding hydrogens is 222 g/mol. The second-order valence-corrected chi connectivity index (χ2v) is 5.21. The van der Waals surface area contributed by atoms with E-state index in [1.54, 1.807) is 0 Å². The molecule has 2 N–H and O–H groups in total. The van der Waals surface area contributed by atoms with E-state index < -0.39 is 0 Å². The highest BCUT2D eigenvalue weighted by atomic mass is 15.0. The number of imidazole rings is 1. The third-order valence-corrected chi connectivity index (χ3v) is 3.52. The van der Waals surface area contributed by atoms with Gasteiger partial charge in [-0.05, 0) is 45.4 Å². The molecule has 1 saturated heterocycles. The average Bonchev–Trinajstić information content (AvgIpc) is 2.99. The minimum atomic E-state index is 0.407. The van der Waals surface area contributed by atoms with E-state index in [0.717, 1.165) is 18.1 Å². The van der Waals surface area contributed by atoms with Crippen LogP contribution in [0.1, 0.15) is 35.8 Å². The molecule has 94 valence electrons. The van der Waals surface area contributed by atoms with Gasteiger partial charge >= 0.3 is 0 Å². The monoisotopic (exact) mass is 241 g/mol. The summed E-state index contributed by atoms with van der Waals surface area (Å²) in [5, 5.41) is 3.47. The molecule has 3 rings (SSSR count). The third kappa shape index (κ3) is 2.18. The van der Waals surface area contributed by atoms with Crippen molar-refractivity contribution in [3.8, 4) is 11.3 Å².